The summed E-state index contributed by atoms with van der Waals surface area (Å²) in [6, 6.07) is 0. The van der Waals surface area contributed by atoms with E-state index in [1.54, 1.807) is 42.6 Å². The van der Waals surface area contributed by atoms with Gasteiger partial charge in [-0.15, -0.1) is 15.2 Å². The fraction of sp³-hybridized carbons (Fsp3) is 0.623. The number of rotatable bonds is 12. The number of halogens is 11. The highest BCUT2D eigenvalue weighted by molar-refractivity contribution is 8.00. The van der Waals surface area contributed by atoms with Crippen LogP contribution in [-0.4, -0.2) is 208 Å². The van der Waals surface area contributed by atoms with Crippen molar-refractivity contribution in [2.24, 2.45) is 17.8 Å². The summed E-state index contributed by atoms with van der Waals surface area (Å²) >= 11 is 4.64. The van der Waals surface area contributed by atoms with E-state index in [1.165, 1.54) is 53.5 Å². The monoisotopic (exact) mass is 1520 g/mol. The number of nitrogen functional groups attached to an aromatic ring is 1. The standard InChI is InChI=1S/C14H17F3N4O4S.C13H17FN4O.C13H18N4O2.C10H13N5O4.C2F6O5S2.CH3Cl/c1-4-9-7(2)11(25-26(22,23)14(15,16)17)13(24-9)21-6-20-10-8(3)18-5-19-12(10)21;1-4-9-7(2)10(14)13(19-9)18-6-17-11-8(3)15-5-16-12(11)18;1-4-9-7(2)11(18)13(19-9)17-6-16-10-8(3)14-5-15-12(10)17;11-8-5-9(13-2-12-8)15(3-14-5)10-7(18)6(17)4(1-16)19-10;3-1(4,5)14(9,10)13-15(11,12)2(6,7)8;1-2/h5-7,9,11,13H,4H2,1-3H3;5-7,9-10,13H,4H2,1-3H3;5-7,9,11,13,18H,4H2,1-3H3;2-4,6-7,10,16-18H,1H2,(H2,11,12,13);;1H3/t7-,9-,11-,13-;7-,9-,10-,13-;7-,9-,11-,13-;4-,6-,7-,10-;;/m1111../s1. The summed E-state index contributed by atoms with van der Waals surface area (Å²) in [6.45, 7) is 16.4. The first-order chi connectivity index (χ1) is 46.7. The quantitative estimate of drug-likeness (QED) is 0.0421. The molecule has 47 heteroatoms. The van der Waals surface area contributed by atoms with Gasteiger partial charge < -0.3 is 45.1 Å². The summed E-state index contributed by atoms with van der Waals surface area (Å²) in [5.74, 6) is -0.385. The molecule has 0 unspecified atom stereocenters. The van der Waals surface area contributed by atoms with Crippen molar-refractivity contribution in [1.82, 2.24) is 78.1 Å². The van der Waals surface area contributed by atoms with Gasteiger partial charge in [-0.25, -0.2) is 64.2 Å². The van der Waals surface area contributed by atoms with Gasteiger partial charge in [0, 0.05) is 24.1 Å². The molecule has 12 rings (SSSR count). The Kier molecular flexibility index (Phi) is 25.5. The smallest absolute Gasteiger partial charge is 0.394 e. The van der Waals surface area contributed by atoms with Gasteiger partial charge in [-0.3, -0.25) is 22.5 Å². The molecule has 556 valence electrons. The lowest BCUT2D eigenvalue weighted by molar-refractivity contribution is -0.0674. The number of aromatic nitrogens is 16. The second-order valence-electron chi connectivity index (χ2n) is 22.4. The van der Waals surface area contributed by atoms with Crippen molar-refractivity contribution in [1.29, 1.82) is 0 Å². The number of nitrogens with zero attached hydrogens (tertiary/aromatic N) is 16. The largest absolute Gasteiger partial charge is 0.524 e. The van der Waals surface area contributed by atoms with Crippen molar-refractivity contribution in [2.45, 2.75) is 178 Å². The maximum absolute atomic E-state index is 14.4. The zero-order chi connectivity index (χ0) is 74.7. The summed E-state index contributed by atoms with van der Waals surface area (Å²) in [7, 11) is -19.5. The SMILES string of the molecule is CC[C@H]1O[C@@H](n2cnc3c(C)ncnc32)[C@H](F)[C@@H]1C.CC[C@H]1O[C@@H](n2cnc3c(C)ncnc32)[C@H](O)[C@@H]1C.CC[C@H]1O[C@@H](n2cnc3c(C)ncnc32)[C@H](OS(=O)(=O)C(F)(F)F)[C@@H]1C.CCl.Nc1ncnc2c1ncn2[C@@H]1O[C@H](CO)[C@@H](O)[C@H]1O.O=S(=O)(OS(=O)(=O)C(F)(F)F)C(F)(F)F. The fourth-order valence-corrected chi connectivity index (χ4v) is 13.0. The van der Waals surface area contributed by atoms with Crippen LogP contribution < -0.4 is 5.73 Å². The Balaban J connectivity index is 0.000000176. The van der Waals surface area contributed by atoms with Crippen LogP contribution in [0, 0.1) is 38.5 Å². The maximum Gasteiger partial charge on any atom is 0.524 e. The molecule has 4 saturated heterocycles. The third-order valence-electron chi connectivity index (χ3n) is 16.2. The first-order valence-electron chi connectivity index (χ1n) is 29.6. The Hall–Kier alpha value is -6.96. The molecule has 100 heavy (non-hydrogen) atoms. The average molecular weight is 1520 g/mol. The third-order valence-corrected chi connectivity index (χ3v) is 19.8. The van der Waals surface area contributed by atoms with Crippen LogP contribution >= 0.6 is 11.6 Å². The van der Waals surface area contributed by atoms with Gasteiger partial charge in [0.1, 0.15) is 77.9 Å². The molecular weight excluding hydrogens is 1450 g/mol. The molecule has 0 bridgehead atoms. The van der Waals surface area contributed by atoms with Crippen molar-refractivity contribution < 1.29 is 116 Å². The average Bonchev–Trinajstić information content (AvgIpc) is 1.64. The molecule has 0 radical (unpaired) electrons. The predicted molar refractivity (Wildman–Crippen MR) is 327 cm³/mol. The number of aliphatic hydroxyl groups is 4. The van der Waals surface area contributed by atoms with Gasteiger partial charge in [-0.05, 0) is 40.0 Å². The van der Waals surface area contributed by atoms with Gasteiger partial charge in [0.25, 0.3) is 0 Å². The molecule has 4 fully saturated rings. The van der Waals surface area contributed by atoms with E-state index in [0.717, 1.165) is 29.7 Å². The van der Waals surface area contributed by atoms with Crippen molar-refractivity contribution in [2.75, 3.05) is 18.7 Å². The first-order valence-corrected chi connectivity index (χ1v) is 34.6. The van der Waals surface area contributed by atoms with Crippen LogP contribution in [0.1, 0.15) is 103 Å². The van der Waals surface area contributed by atoms with Gasteiger partial charge in [0.15, 0.2) is 59.5 Å². The maximum atomic E-state index is 14.4. The second kappa shape index (κ2) is 31.7. The minimum absolute atomic E-state index is 0.0552. The van der Waals surface area contributed by atoms with Crippen LogP contribution in [0.15, 0.2) is 50.6 Å². The number of imidazole rings is 4. The van der Waals surface area contributed by atoms with Crippen LogP contribution in [0.3, 0.4) is 0 Å². The fourth-order valence-electron chi connectivity index (χ4n) is 10.8. The van der Waals surface area contributed by atoms with Gasteiger partial charge in [0.2, 0.25) is 0 Å². The number of aryl methyl sites for hydroxylation is 3. The van der Waals surface area contributed by atoms with E-state index >= 15 is 0 Å². The van der Waals surface area contributed by atoms with E-state index in [9.17, 15) is 84.5 Å². The summed E-state index contributed by atoms with van der Waals surface area (Å²) in [6.07, 6.45) is 5.47. The molecule has 33 nitrogen and oxygen atoms in total. The first kappa shape index (κ1) is 80.4. The number of fused-ring (bicyclic) bond motifs is 4. The van der Waals surface area contributed by atoms with Crippen molar-refractivity contribution in [3.05, 3.63) is 67.7 Å². The number of hydrogen-bond donors (Lipinski definition) is 5. The third kappa shape index (κ3) is 16.6. The number of anilines is 1. The zero-order valence-electron chi connectivity index (χ0n) is 54.0. The lowest BCUT2D eigenvalue weighted by atomic mass is 9.99. The van der Waals surface area contributed by atoms with E-state index in [2.05, 4.69) is 82.5 Å². The van der Waals surface area contributed by atoms with E-state index in [1.807, 2.05) is 38.2 Å². The van der Waals surface area contributed by atoms with Gasteiger partial charge in [-0.2, -0.15) is 64.8 Å². The minimum atomic E-state index is -6.85. The molecule has 4 aliphatic rings. The van der Waals surface area contributed by atoms with Crippen LogP contribution in [0.25, 0.3) is 44.7 Å². The highest BCUT2D eigenvalue weighted by Gasteiger charge is 2.58. The Bertz CT molecular complexity index is 4150. The molecule has 4 aliphatic heterocycles. The van der Waals surface area contributed by atoms with Crippen molar-refractivity contribution in [3.63, 3.8) is 0 Å². The Morgan fingerprint density at radius 1 is 0.470 bits per heavy atom. The van der Waals surface area contributed by atoms with Crippen LogP contribution in [0.5, 0.6) is 0 Å². The highest BCUT2D eigenvalue weighted by atomic mass is 35.5. The molecular formula is C53H68ClF10N17O16S3. The minimum Gasteiger partial charge on any atom is -0.394 e. The van der Waals surface area contributed by atoms with E-state index < -0.39 is 127 Å². The number of nitrogens with two attached hydrogens (primary N) is 1. The molecule has 0 aliphatic carbocycles. The van der Waals surface area contributed by atoms with Gasteiger partial charge >= 0.3 is 46.9 Å². The van der Waals surface area contributed by atoms with Crippen molar-refractivity contribution in [3.8, 4) is 0 Å². The van der Waals surface area contributed by atoms with E-state index in [-0.39, 0.29) is 29.9 Å². The number of ether oxygens (including phenoxy) is 4. The number of hydrogen-bond acceptors (Lipinski definition) is 29. The van der Waals surface area contributed by atoms with Gasteiger partial charge in [0.05, 0.1) is 67.3 Å². The predicted octanol–water partition coefficient (Wildman–Crippen LogP) is 5.75. The summed E-state index contributed by atoms with van der Waals surface area (Å²) < 4.78 is 220. The highest BCUT2D eigenvalue weighted by Crippen LogP contribution is 2.43. The number of aliphatic hydroxyl groups excluding tert-OH is 4. The van der Waals surface area contributed by atoms with E-state index in [0.29, 0.717) is 51.3 Å². The Morgan fingerprint density at radius 2 is 0.800 bits per heavy atom. The molecule has 0 saturated carbocycles. The molecule has 0 amide bonds. The molecule has 8 aromatic heterocycles. The normalized spacial score (nSPS) is 27.2. The Morgan fingerprint density at radius 3 is 1.18 bits per heavy atom. The van der Waals surface area contributed by atoms with Crippen LogP contribution in [0.2, 0.25) is 0 Å². The van der Waals surface area contributed by atoms with Crippen LogP contribution in [0.4, 0.5) is 49.7 Å². The molecule has 0 spiro atoms. The molecule has 8 aromatic rings. The van der Waals surface area contributed by atoms with Gasteiger partial charge in [-0.1, -0.05) is 41.5 Å². The summed E-state index contributed by atoms with van der Waals surface area (Å²) in [4.78, 5) is 49.4. The molecule has 16 atom stereocenters. The summed E-state index contributed by atoms with van der Waals surface area (Å²) in [5, 5.41) is 39.1. The van der Waals surface area contributed by atoms with Crippen molar-refractivity contribution >= 4 is 92.4 Å². The molecule has 0 aromatic carbocycles. The van der Waals surface area contributed by atoms with Crippen LogP contribution in [-0.2, 0) is 57.1 Å². The lowest BCUT2D eigenvalue weighted by Crippen LogP contribution is -2.35. The number of alkyl halides is 11. The summed E-state index contributed by atoms with van der Waals surface area (Å²) in [5.41, 5.74) is -5.83. The topological polar surface area (TPSA) is 439 Å². The second-order valence-corrected chi connectivity index (χ2v) is 27.3. The molecule has 12 heterocycles. The zero-order valence-corrected chi connectivity index (χ0v) is 57.2. The van der Waals surface area contributed by atoms with E-state index in [4.69, 9.17) is 29.8 Å². The molecule has 6 N–H and O–H groups in total. The Labute approximate surface area is 566 Å². The lowest BCUT2D eigenvalue weighted by Gasteiger charge is -2.22.